The first-order chi connectivity index (χ1) is 9.67. The summed E-state index contributed by atoms with van der Waals surface area (Å²) in [7, 11) is 0. The summed E-state index contributed by atoms with van der Waals surface area (Å²) in [6.45, 7) is 2.44. The maximum Gasteiger partial charge on any atom is 0.229 e. The van der Waals surface area contributed by atoms with Crippen molar-refractivity contribution in [3.63, 3.8) is 0 Å². The van der Waals surface area contributed by atoms with Crippen molar-refractivity contribution in [1.82, 2.24) is 19.7 Å². The van der Waals surface area contributed by atoms with Crippen molar-refractivity contribution in [2.45, 2.75) is 26.1 Å². The molecule has 2 N–H and O–H groups in total. The normalized spacial score (nSPS) is 14.4. The Kier molecular flexibility index (Phi) is 3.86. The van der Waals surface area contributed by atoms with Gasteiger partial charge in [-0.05, 0) is 15.9 Å². The van der Waals surface area contributed by atoms with Crippen molar-refractivity contribution in [3.05, 3.63) is 32.4 Å². The second-order valence-corrected chi connectivity index (χ2v) is 6.39. The van der Waals surface area contributed by atoms with Gasteiger partial charge in [0.05, 0.1) is 41.6 Å². The molecule has 2 aromatic rings. The van der Waals surface area contributed by atoms with Gasteiger partial charge in [0, 0.05) is 18.5 Å². The highest BCUT2D eigenvalue weighted by molar-refractivity contribution is 9.10. The fraction of sp³-hybridized carbons (Fsp3) is 0.417. The molecule has 106 valence electrons. The van der Waals surface area contributed by atoms with Crippen molar-refractivity contribution in [2.24, 2.45) is 5.73 Å². The van der Waals surface area contributed by atoms with Crippen LogP contribution in [0, 0.1) is 0 Å². The number of nitrogens with two attached hydrogens (primary N) is 1. The van der Waals surface area contributed by atoms with Crippen LogP contribution in [0.4, 0.5) is 0 Å². The number of amides is 1. The summed E-state index contributed by atoms with van der Waals surface area (Å²) in [4.78, 5) is 18.5. The van der Waals surface area contributed by atoms with E-state index in [0.717, 1.165) is 27.4 Å². The molecular formula is C12H14BrN5OS. The van der Waals surface area contributed by atoms with E-state index in [4.69, 9.17) is 5.73 Å². The van der Waals surface area contributed by atoms with Crippen molar-refractivity contribution in [3.8, 4) is 0 Å². The number of aromatic nitrogens is 3. The van der Waals surface area contributed by atoms with E-state index in [1.54, 1.807) is 6.20 Å². The molecule has 0 bridgehead atoms. The number of carbonyl (C=O) groups is 1. The van der Waals surface area contributed by atoms with Crippen molar-refractivity contribution >= 4 is 33.2 Å². The zero-order chi connectivity index (χ0) is 14.1. The van der Waals surface area contributed by atoms with Gasteiger partial charge in [-0.25, -0.2) is 4.98 Å². The van der Waals surface area contributed by atoms with Gasteiger partial charge in [-0.15, -0.1) is 11.3 Å². The van der Waals surface area contributed by atoms with Crippen LogP contribution in [0.5, 0.6) is 0 Å². The molecule has 0 aliphatic carbocycles. The summed E-state index contributed by atoms with van der Waals surface area (Å²) in [5.41, 5.74) is 7.38. The summed E-state index contributed by atoms with van der Waals surface area (Å²) in [6.07, 6.45) is 2.11. The monoisotopic (exact) mass is 355 g/mol. The molecule has 0 radical (unpaired) electrons. The van der Waals surface area contributed by atoms with Crippen LogP contribution in [0.2, 0.25) is 0 Å². The minimum Gasteiger partial charge on any atom is -0.335 e. The van der Waals surface area contributed by atoms with Gasteiger partial charge in [0.25, 0.3) is 0 Å². The first kappa shape index (κ1) is 13.7. The van der Waals surface area contributed by atoms with Gasteiger partial charge in [-0.3, -0.25) is 9.48 Å². The number of nitrogens with zero attached hydrogens (tertiary/aromatic N) is 4. The van der Waals surface area contributed by atoms with Crippen LogP contribution in [-0.2, 0) is 30.8 Å². The molecule has 0 aromatic carbocycles. The number of fused-ring (bicyclic) bond motifs is 1. The first-order valence-corrected chi connectivity index (χ1v) is 7.96. The third kappa shape index (κ3) is 2.63. The Labute approximate surface area is 128 Å². The van der Waals surface area contributed by atoms with E-state index in [1.165, 1.54) is 11.3 Å². The van der Waals surface area contributed by atoms with E-state index in [0.29, 0.717) is 26.1 Å². The summed E-state index contributed by atoms with van der Waals surface area (Å²) in [6, 6.07) is 0. The van der Waals surface area contributed by atoms with Crippen molar-refractivity contribution in [1.29, 1.82) is 0 Å². The van der Waals surface area contributed by atoms with E-state index < -0.39 is 0 Å². The molecule has 6 nitrogen and oxygen atoms in total. The van der Waals surface area contributed by atoms with E-state index in [2.05, 4.69) is 26.0 Å². The van der Waals surface area contributed by atoms with Gasteiger partial charge in [0.15, 0.2) is 0 Å². The van der Waals surface area contributed by atoms with Crippen LogP contribution in [0.3, 0.4) is 0 Å². The third-order valence-corrected chi connectivity index (χ3v) is 4.86. The van der Waals surface area contributed by atoms with Crippen LogP contribution in [0.25, 0.3) is 0 Å². The summed E-state index contributed by atoms with van der Waals surface area (Å²) < 4.78 is 2.89. The number of halogens is 1. The highest BCUT2D eigenvalue weighted by Gasteiger charge is 2.23. The average molecular weight is 356 g/mol. The molecule has 0 spiro atoms. The molecule has 3 heterocycles. The van der Waals surface area contributed by atoms with Crippen molar-refractivity contribution in [2.75, 3.05) is 6.54 Å². The minimum absolute atomic E-state index is 0.0956. The second-order valence-electron chi connectivity index (χ2n) is 4.59. The molecule has 8 heteroatoms. The quantitative estimate of drug-likeness (QED) is 0.895. The molecule has 3 rings (SSSR count). The predicted octanol–water partition coefficient (Wildman–Crippen LogP) is 1.15. The topological polar surface area (TPSA) is 77.0 Å². The Morgan fingerprint density at radius 1 is 1.50 bits per heavy atom. The van der Waals surface area contributed by atoms with E-state index in [9.17, 15) is 4.79 Å². The molecule has 0 saturated carbocycles. The van der Waals surface area contributed by atoms with Crippen LogP contribution in [-0.4, -0.2) is 32.1 Å². The van der Waals surface area contributed by atoms with Crippen LogP contribution < -0.4 is 5.73 Å². The predicted molar refractivity (Wildman–Crippen MR) is 79.1 cm³/mol. The molecule has 1 amide bonds. The molecule has 0 atom stereocenters. The molecule has 2 aromatic heterocycles. The molecule has 20 heavy (non-hydrogen) atoms. The van der Waals surface area contributed by atoms with Gasteiger partial charge in [-0.1, -0.05) is 0 Å². The number of thiazole rings is 1. The van der Waals surface area contributed by atoms with E-state index >= 15 is 0 Å². The SMILES string of the molecule is NCc1nc(CC(=O)N2CCn3ncc(Br)c3C2)cs1. The highest BCUT2D eigenvalue weighted by Crippen LogP contribution is 2.22. The first-order valence-electron chi connectivity index (χ1n) is 6.28. The fourth-order valence-electron chi connectivity index (χ4n) is 2.22. The lowest BCUT2D eigenvalue weighted by atomic mass is 10.2. The minimum atomic E-state index is 0.0956. The fourth-order valence-corrected chi connectivity index (χ4v) is 3.31. The molecule has 0 unspecified atom stereocenters. The maximum atomic E-state index is 12.3. The lowest BCUT2D eigenvalue weighted by Gasteiger charge is -2.27. The average Bonchev–Trinajstić information content (AvgIpc) is 3.06. The van der Waals surface area contributed by atoms with Crippen LogP contribution in [0.15, 0.2) is 16.0 Å². The van der Waals surface area contributed by atoms with E-state index in [-0.39, 0.29) is 5.91 Å². The number of hydrogen-bond donors (Lipinski definition) is 1. The smallest absolute Gasteiger partial charge is 0.229 e. The zero-order valence-corrected chi connectivity index (χ0v) is 13.2. The molecule has 0 fully saturated rings. The Hall–Kier alpha value is -1.25. The van der Waals surface area contributed by atoms with Crippen LogP contribution >= 0.6 is 27.3 Å². The number of hydrogen-bond acceptors (Lipinski definition) is 5. The van der Waals surface area contributed by atoms with Gasteiger partial charge < -0.3 is 10.6 Å². The number of rotatable bonds is 3. The standard InChI is InChI=1S/C12H14BrN5OS/c13-9-5-15-18-2-1-17(6-10(9)18)12(19)3-8-7-20-11(4-14)16-8/h5,7H,1-4,6,14H2. The third-order valence-electron chi connectivity index (χ3n) is 3.28. The van der Waals surface area contributed by atoms with Gasteiger partial charge in [0.2, 0.25) is 5.91 Å². The van der Waals surface area contributed by atoms with Crippen molar-refractivity contribution < 1.29 is 4.79 Å². The molecule has 1 aliphatic heterocycles. The second kappa shape index (κ2) is 5.63. The Balaban J connectivity index is 1.68. The number of carbonyl (C=O) groups excluding carboxylic acids is 1. The molecular weight excluding hydrogens is 342 g/mol. The van der Waals surface area contributed by atoms with Gasteiger partial charge in [0.1, 0.15) is 5.01 Å². The summed E-state index contributed by atoms with van der Waals surface area (Å²) >= 11 is 4.96. The Morgan fingerprint density at radius 3 is 3.10 bits per heavy atom. The summed E-state index contributed by atoms with van der Waals surface area (Å²) in [5, 5.41) is 7.03. The maximum absolute atomic E-state index is 12.3. The van der Waals surface area contributed by atoms with Gasteiger partial charge >= 0.3 is 0 Å². The molecule has 1 aliphatic rings. The Morgan fingerprint density at radius 2 is 2.35 bits per heavy atom. The lowest BCUT2D eigenvalue weighted by Crippen LogP contribution is -2.39. The highest BCUT2D eigenvalue weighted by atomic mass is 79.9. The van der Waals surface area contributed by atoms with Crippen LogP contribution in [0.1, 0.15) is 16.4 Å². The summed E-state index contributed by atoms with van der Waals surface area (Å²) in [5.74, 6) is 0.0956. The van der Waals surface area contributed by atoms with Gasteiger partial charge in [-0.2, -0.15) is 5.10 Å². The molecule has 0 saturated heterocycles. The largest absolute Gasteiger partial charge is 0.335 e. The Bertz CT molecular complexity index is 638. The zero-order valence-electron chi connectivity index (χ0n) is 10.8. The lowest BCUT2D eigenvalue weighted by molar-refractivity contribution is -0.132. The van der Waals surface area contributed by atoms with E-state index in [1.807, 2.05) is 15.0 Å².